The third-order valence-electron chi connectivity index (χ3n) is 6.85. The van der Waals surface area contributed by atoms with Crippen molar-refractivity contribution < 1.29 is 24.2 Å². The second-order valence-corrected chi connectivity index (χ2v) is 9.10. The summed E-state index contributed by atoms with van der Waals surface area (Å²) in [6, 6.07) is 15.2. The number of hydrogen-bond donors (Lipinski definition) is 2. The number of alkyl carbamates (subject to hydrolysis) is 1. The number of unbranched alkanes of at least 4 members (excludes halogenated alkanes) is 1. The van der Waals surface area contributed by atoms with Gasteiger partial charge in [-0.1, -0.05) is 68.3 Å². The molecule has 2 atom stereocenters. The average Bonchev–Trinajstić information content (AvgIpc) is 3.45. The fourth-order valence-electron chi connectivity index (χ4n) is 5.13. The summed E-state index contributed by atoms with van der Waals surface area (Å²) in [5, 5.41) is 12.2. The summed E-state index contributed by atoms with van der Waals surface area (Å²) < 4.78 is 5.65. The maximum atomic E-state index is 12.8. The van der Waals surface area contributed by atoms with Crippen LogP contribution >= 0.6 is 0 Å². The maximum absolute atomic E-state index is 12.8. The summed E-state index contributed by atoms with van der Waals surface area (Å²) in [7, 11) is 0. The van der Waals surface area contributed by atoms with Crippen molar-refractivity contribution in [2.75, 3.05) is 13.2 Å². The molecule has 2 N–H and O–H groups in total. The average molecular weight is 465 g/mol. The van der Waals surface area contributed by atoms with Crippen molar-refractivity contribution in [1.29, 1.82) is 0 Å². The molecule has 1 heterocycles. The molecule has 1 aliphatic carbocycles. The van der Waals surface area contributed by atoms with Crippen LogP contribution in [0.5, 0.6) is 0 Å². The highest BCUT2D eigenvalue weighted by Gasteiger charge is 2.35. The molecule has 2 aromatic rings. The van der Waals surface area contributed by atoms with Crippen molar-refractivity contribution in [3.63, 3.8) is 0 Å². The number of carbonyl (C=O) groups is 3. The van der Waals surface area contributed by atoms with Crippen LogP contribution in [0, 0.1) is 0 Å². The van der Waals surface area contributed by atoms with Crippen LogP contribution in [0.15, 0.2) is 48.5 Å². The molecule has 4 rings (SSSR count). The Morgan fingerprint density at radius 2 is 1.74 bits per heavy atom. The third kappa shape index (κ3) is 5.08. The van der Waals surface area contributed by atoms with Gasteiger partial charge in [0.15, 0.2) is 0 Å². The minimum atomic E-state index is -0.972. The van der Waals surface area contributed by atoms with Crippen molar-refractivity contribution in [2.24, 2.45) is 0 Å². The summed E-state index contributed by atoms with van der Waals surface area (Å²) in [5.41, 5.74) is 4.61. The van der Waals surface area contributed by atoms with Gasteiger partial charge in [-0.15, -0.1) is 0 Å². The lowest BCUT2D eigenvalue weighted by molar-refractivity contribution is -0.148. The molecule has 0 aromatic heterocycles. The van der Waals surface area contributed by atoms with Gasteiger partial charge in [0.1, 0.15) is 12.6 Å². The van der Waals surface area contributed by atoms with Crippen LogP contribution in [0.1, 0.15) is 62.5 Å². The molecule has 7 nitrogen and oxygen atoms in total. The van der Waals surface area contributed by atoms with Gasteiger partial charge in [-0.25, -0.2) is 9.59 Å². The normalized spacial score (nSPS) is 17.7. The zero-order valence-corrected chi connectivity index (χ0v) is 19.5. The van der Waals surface area contributed by atoms with E-state index in [1.54, 1.807) is 0 Å². The van der Waals surface area contributed by atoms with E-state index in [4.69, 9.17) is 4.74 Å². The zero-order chi connectivity index (χ0) is 24.1. The lowest BCUT2D eigenvalue weighted by Crippen LogP contribution is -2.45. The Labute approximate surface area is 200 Å². The Balaban J connectivity index is 1.38. The van der Waals surface area contributed by atoms with Gasteiger partial charge in [-0.2, -0.15) is 0 Å². The molecule has 1 fully saturated rings. The summed E-state index contributed by atoms with van der Waals surface area (Å²) in [5.74, 6) is -1.24. The first kappa shape index (κ1) is 23.8. The molecule has 2 aliphatic rings. The van der Waals surface area contributed by atoms with Gasteiger partial charge < -0.3 is 20.1 Å². The number of likely N-dealkylation sites (tertiary alicyclic amines) is 1. The lowest BCUT2D eigenvalue weighted by atomic mass is 9.98. The van der Waals surface area contributed by atoms with Gasteiger partial charge in [0.05, 0.1) is 0 Å². The van der Waals surface area contributed by atoms with Crippen molar-refractivity contribution in [3.05, 3.63) is 59.7 Å². The highest BCUT2D eigenvalue weighted by molar-refractivity contribution is 5.85. The fraction of sp³-hybridized carbons (Fsp3) is 0.444. The number of hydrogen-bond acceptors (Lipinski definition) is 4. The minimum Gasteiger partial charge on any atom is -0.480 e. The Bertz CT molecular complexity index is 1010. The van der Waals surface area contributed by atoms with E-state index in [9.17, 15) is 19.5 Å². The van der Waals surface area contributed by atoms with E-state index in [0.29, 0.717) is 25.8 Å². The van der Waals surface area contributed by atoms with Crippen LogP contribution in [0.25, 0.3) is 11.1 Å². The molecule has 0 spiro atoms. The molecule has 1 saturated heterocycles. The predicted octanol–water partition coefficient (Wildman–Crippen LogP) is 4.55. The number of benzene rings is 2. The number of amides is 2. The van der Waals surface area contributed by atoms with E-state index in [-0.39, 0.29) is 24.9 Å². The smallest absolute Gasteiger partial charge is 0.407 e. The summed E-state index contributed by atoms with van der Waals surface area (Å²) in [6.45, 7) is 2.70. The largest absolute Gasteiger partial charge is 0.480 e. The molecule has 180 valence electrons. The van der Waals surface area contributed by atoms with Gasteiger partial charge in [0, 0.05) is 24.9 Å². The topological polar surface area (TPSA) is 95.9 Å². The summed E-state index contributed by atoms with van der Waals surface area (Å²) in [4.78, 5) is 38.4. The van der Waals surface area contributed by atoms with Gasteiger partial charge in [-0.3, -0.25) is 4.79 Å². The number of ether oxygens (including phenoxy) is 1. The first-order valence-electron chi connectivity index (χ1n) is 12.1. The highest BCUT2D eigenvalue weighted by atomic mass is 16.5. The second-order valence-electron chi connectivity index (χ2n) is 9.10. The van der Waals surface area contributed by atoms with Crippen LogP contribution in [0.3, 0.4) is 0 Å². The number of carboxylic acids is 1. The summed E-state index contributed by atoms with van der Waals surface area (Å²) in [6.07, 6.45) is 3.10. The van der Waals surface area contributed by atoms with Crippen LogP contribution in [0.2, 0.25) is 0 Å². The van der Waals surface area contributed by atoms with Crippen LogP contribution in [-0.2, 0) is 14.3 Å². The molecular weight excluding hydrogens is 432 g/mol. The van der Waals surface area contributed by atoms with Gasteiger partial charge in [0.25, 0.3) is 0 Å². The number of carbonyl (C=O) groups excluding carboxylic acids is 2. The van der Waals surface area contributed by atoms with Gasteiger partial charge in [0.2, 0.25) is 5.91 Å². The molecule has 2 aromatic carbocycles. The van der Waals surface area contributed by atoms with E-state index >= 15 is 0 Å². The predicted molar refractivity (Wildman–Crippen MR) is 129 cm³/mol. The fourth-order valence-corrected chi connectivity index (χ4v) is 5.13. The molecule has 1 aliphatic heterocycles. The number of fused-ring (bicyclic) bond motifs is 3. The van der Waals surface area contributed by atoms with E-state index in [2.05, 4.69) is 29.6 Å². The number of carboxylic acid groups (broad SMARTS) is 1. The molecule has 2 amide bonds. The Morgan fingerprint density at radius 3 is 2.35 bits per heavy atom. The number of nitrogens with zero attached hydrogens (tertiary/aromatic N) is 1. The van der Waals surface area contributed by atoms with Crippen molar-refractivity contribution in [2.45, 2.75) is 63.5 Å². The Hall–Kier alpha value is -3.35. The van der Waals surface area contributed by atoms with E-state index in [1.807, 2.05) is 31.2 Å². The molecule has 34 heavy (non-hydrogen) atoms. The monoisotopic (exact) mass is 464 g/mol. The quantitative estimate of drug-likeness (QED) is 0.568. The minimum absolute atomic E-state index is 0.0326. The molecule has 1 unspecified atom stereocenters. The Kier molecular flexibility index (Phi) is 7.50. The maximum Gasteiger partial charge on any atom is 0.407 e. The zero-order valence-electron chi connectivity index (χ0n) is 19.5. The van der Waals surface area contributed by atoms with E-state index < -0.39 is 24.1 Å². The molecular formula is C27H32N2O5. The standard InChI is InChI=1S/C27H32N2O5/c1-2-3-9-18(16-25(30)29-15-8-14-24(29)26(31)32)28-27(33)34-17-23-21-12-6-4-10-19(21)20-11-5-7-13-22(20)23/h4-7,10-13,18,23-24H,2-3,8-9,14-17H2,1H3,(H,28,33)(H,31,32)/t18?,24-/m0/s1. The number of nitrogens with one attached hydrogen (secondary N) is 1. The first-order valence-corrected chi connectivity index (χ1v) is 12.1. The van der Waals surface area contributed by atoms with Crippen molar-refractivity contribution >= 4 is 18.0 Å². The molecule has 0 radical (unpaired) electrons. The third-order valence-corrected chi connectivity index (χ3v) is 6.85. The molecule has 7 heteroatoms. The first-order chi connectivity index (χ1) is 16.5. The van der Waals surface area contributed by atoms with Crippen molar-refractivity contribution in [3.8, 4) is 11.1 Å². The SMILES string of the molecule is CCCCC(CC(=O)N1CCC[C@H]1C(=O)O)NC(=O)OCC1c2ccccc2-c2ccccc21. The number of aliphatic carboxylic acids is 1. The van der Waals surface area contributed by atoms with Crippen molar-refractivity contribution in [1.82, 2.24) is 10.2 Å². The van der Waals surface area contributed by atoms with E-state index in [0.717, 1.165) is 35.1 Å². The summed E-state index contributed by atoms with van der Waals surface area (Å²) >= 11 is 0. The number of rotatable bonds is 9. The van der Waals surface area contributed by atoms with Gasteiger partial charge >= 0.3 is 12.1 Å². The highest BCUT2D eigenvalue weighted by Crippen LogP contribution is 2.44. The van der Waals surface area contributed by atoms with Gasteiger partial charge in [-0.05, 0) is 41.5 Å². The van der Waals surface area contributed by atoms with E-state index in [1.165, 1.54) is 4.90 Å². The van der Waals surface area contributed by atoms with Crippen LogP contribution < -0.4 is 5.32 Å². The second kappa shape index (κ2) is 10.7. The van der Waals surface area contributed by atoms with Crippen LogP contribution in [-0.4, -0.2) is 53.2 Å². The molecule has 0 bridgehead atoms. The lowest BCUT2D eigenvalue weighted by Gasteiger charge is -2.25. The Morgan fingerprint density at radius 1 is 1.09 bits per heavy atom. The van der Waals surface area contributed by atoms with Crippen LogP contribution in [0.4, 0.5) is 4.79 Å². The molecule has 0 saturated carbocycles.